The van der Waals surface area contributed by atoms with E-state index in [-0.39, 0.29) is 28.1 Å². The molecule has 3 rings (SSSR count). The molecule has 0 radical (unpaired) electrons. The molecule has 0 spiro atoms. The number of hydrogen-bond acceptors (Lipinski definition) is 4. The Labute approximate surface area is 158 Å². The zero-order valence-electron chi connectivity index (χ0n) is 14.9. The Hall–Kier alpha value is -2.45. The molecule has 2 aromatic carbocycles. The quantitative estimate of drug-likeness (QED) is 0.731. The summed E-state index contributed by atoms with van der Waals surface area (Å²) in [5, 5.41) is 6.28. The summed E-state index contributed by atoms with van der Waals surface area (Å²) in [6.45, 7) is 2.90. The van der Waals surface area contributed by atoms with Gasteiger partial charge < -0.3 is 10.6 Å². The van der Waals surface area contributed by atoms with Crippen molar-refractivity contribution in [3.8, 4) is 0 Å². The highest BCUT2D eigenvalue weighted by molar-refractivity contribution is 7.92. The third-order valence-corrected chi connectivity index (χ3v) is 5.84. The number of rotatable bonds is 5. The molecule has 0 aromatic heterocycles. The van der Waals surface area contributed by atoms with Crippen molar-refractivity contribution in [2.75, 3.05) is 11.3 Å². The Morgan fingerprint density at radius 1 is 1.19 bits per heavy atom. The molecule has 0 bridgehead atoms. The van der Waals surface area contributed by atoms with Crippen LogP contribution in [0, 0.1) is 5.82 Å². The maximum atomic E-state index is 13.0. The van der Waals surface area contributed by atoms with Crippen LogP contribution in [0.3, 0.4) is 0 Å². The number of piperidine rings is 1. The van der Waals surface area contributed by atoms with Crippen molar-refractivity contribution >= 4 is 21.6 Å². The second-order valence-corrected chi connectivity index (χ2v) is 8.37. The van der Waals surface area contributed by atoms with Crippen LogP contribution >= 0.6 is 0 Å². The first-order chi connectivity index (χ1) is 12.8. The second-order valence-electron chi connectivity index (χ2n) is 6.69. The van der Waals surface area contributed by atoms with Gasteiger partial charge in [-0.15, -0.1) is 0 Å². The Balaban J connectivity index is 1.73. The van der Waals surface area contributed by atoms with Gasteiger partial charge in [-0.1, -0.05) is 6.07 Å². The number of anilines is 1. The van der Waals surface area contributed by atoms with Crippen molar-refractivity contribution in [1.82, 2.24) is 10.6 Å². The minimum Gasteiger partial charge on any atom is -0.349 e. The van der Waals surface area contributed by atoms with E-state index in [0.29, 0.717) is 6.04 Å². The molecule has 2 atom stereocenters. The average molecular weight is 391 g/mol. The molecule has 144 valence electrons. The van der Waals surface area contributed by atoms with Crippen molar-refractivity contribution in [2.45, 2.75) is 36.7 Å². The van der Waals surface area contributed by atoms with Crippen molar-refractivity contribution in [3.63, 3.8) is 0 Å². The molecule has 1 aliphatic rings. The maximum Gasteiger partial charge on any atom is 0.261 e. The minimum absolute atomic E-state index is 0.0295. The number of nitrogens with one attached hydrogen (secondary N) is 3. The van der Waals surface area contributed by atoms with Crippen LogP contribution in [0.4, 0.5) is 10.1 Å². The fraction of sp³-hybridized carbons (Fsp3) is 0.316. The molecular formula is C19H22FN3O3S. The molecule has 2 unspecified atom stereocenters. The van der Waals surface area contributed by atoms with Crippen molar-refractivity contribution < 1.29 is 17.6 Å². The van der Waals surface area contributed by atoms with Gasteiger partial charge in [0.25, 0.3) is 15.9 Å². The number of sulfonamides is 1. The lowest BCUT2D eigenvalue weighted by molar-refractivity contribution is 0.0925. The Morgan fingerprint density at radius 2 is 1.93 bits per heavy atom. The molecule has 2 aromatic rings. The number of carbonyl (C=O) groups is 1. The van der Waals surface area contributed by atoms with Gasteiger partial charge in [0, 0.05) is 23.3 Å². The van der Waals surface area contributed by atoms with E-state index in [1.165, 1.54) is 42.5 Å². The number of benzene rings is 2. The molecule has 1 fully saturated rings. The lowest BCUT2D eigenvalue weighted by Crippen LogP contribution is -2.46. The number of amides is 1. The van der Waals surface area contributed by atoms with Gasteiger partial charge in [0.15, 0.2) is 0 Å². The fourth-order valence-corrected chi connectivity index (χ4v) is 4.17. The molecule has 1 heterocycles. The highest BCUT2D eigenvalue weighted by atomic mass is 32.2. The van der Waals surface area contributed by atoms with Gasteiger partial charge in [-0.05, 0) is 68.8 Å². The average Bonchev–Trinajstić information content (AvgIpc) is 2.63. The lowest BCUT2D eigenvalue weighted by Gasteiger charge is -2.28. The molecule has 27 heavy (non-hydrogen) atoms. The smallest absolute Gasteiger partial charge is 0.261 e. The van der Waals surface area contributed by atoms with E-state index in [1.54, 1.807) is 6.07 Å². The molecule has 8 heteroatoms. The van der Waals surface area contributed by atoms with Crippen LogP contribution in [0.2, 0.25) is 0 Å². The van der Waals surface area contributed by atoms with E-state index in [0.717, 1.165) is 19.4 Å². The predicted octanol–water partition coefficient (Wildman–Crippen LogP) is 2.50. The minimum atomic E-state index is -3.89. The van der Waals surface area contributed by atoms with E-state index in [1.807, 2.05) is 0 Å². The Morgan fingerprint density at radius 3 is 2.63 bits per heavy atom. The van der Waals surface area contributed by atoms with Crippen molar-refractivity contribution in [3.05, 3.63) is 59.9 Å². The largest absolute Gasteiger partial charge is 0.349 e. The predicted molar refractivity (Wildman–Crippen MR) is 102 cm³/mol. The van der Waals surface area contributed by atoms with Crippen LogP contribution in [0.1, 0.15) is 30.1 Å². The normalized spacial score (nSPS) is 20.1. The van der Waals surface area contributed by atoms with E-state index in [4.69, 9.17) is 0 Å². The first-order valence-electron chi connectivity index (χ1n) is 8.76. The van der Waals surface area contributed by atoms with Crippen LogP contribution in [-0.2, 0) is 10.0 Å². The van der Waals surface area contributed by atoms with Crippen LogP contribution in [0.5, 0.6) is 0 Å². The SMILES string of the molecule is CC1CC(NC(=O)c2cccc(S(=O)(=O)Nc3ccc(F)cc3)c2)CCN1. The Bertz CT molecular complexity index is 916. The van der Waals surface area contributed by atoms with E-state index in [2.05, 4.69) is 22.3 Å². The first-order valence-corrected chi connectivity index (χ1v) is 10.2. The molecule has 1 saturated heterocycles. The molecule has 0 aliphatic carbocycles. The van der Waals surface area contributed by atoms with Crippen molar-refractivity contribution in [1.29, 1.82) is 0 Å². The van der Waals surface area contributed by atoms with E-state index < -0.39 is 15.8 Å². The first kappa shape index (κ1) is 19.3. The third-order valence-electron chi connectivity index (χ3n) is 4.46. The molecule has 3 N–H and O–H groups in total. The summed E-state index contributed by atoms with van der Waals surface area (Å²) in [5.74, 6) is -0.753. The summed E-state index contributed by atoms with van der Waals surface area (Å²) in [7, 11) is -3.89. The third kappa shape index (κ3) is 5.05. The van der Waals surface area contributed by atoms with Gasteiger partial charge in [-0.2, -0.15) is 0 Å². The van der Waals surface area contributed by atoms with Crippen LogP contribution in [0.15, 0.2) is 53.4 Å². The van der Waals surface area contributed by atoms with Gasteiger partial charge >= 0.3 is 0 Å². The van der Waals surface area contributed by atoms with E-state index >= 15 is 0 Å². The monoisotopic (exact) mass is 391 g/mol. The van der Waals surface area contributed by atoms with Gasteiger partial charge in [0.2, 0.25) is 0 Å². The summed E-state index contributed by atoms with van der Waals surface area (Å²) in [6.07, 6.45) is 1.66. The van der Waals surface area contributed by atoms with Crippen LogP contribution < -0.4 is 15.4 Å². The summed E-state index contributed by atoms with van der Waals surface area (Å²) in [4.78, 5) is 12.5. The summed E-state index contributed by atoms with van der Waals surface area (Å²) in [5.41, 5.74) is 0.526. The second kappa shape index (κ2) is 8.06. The molecule has 1 amide bonds. The standard InChI is InChI=1S/C19H22FN3O3S/c1-13-11-17(9-10-21-13)22-19(24)14-3-2-4-18(12-14)27(25,26)23-16-7-5-15(20)6-8-16/h2-8,12-13,17,21,23H,9-11H2,1H3,(H,22,24). The Kier molecular flexibility index (Phi) is 5.76. The van der Waals surface area contributed by atoms with Gasteiger partial charge in [0.1, 0.15) is 5.82 Å². The fourth-order valence-electron chi connectivity index (χ4n) is 3.07. The van der Waals surface area contributed by atoms with Gasteiger partial charge in [0.05, 0.1) is 4.90 Å². The van der Waals surface area contributed by atoms with Gasteiger partial charge in [-0.3, -0.25) is 9.52 Å². The topological polar surface area (TPSA) is 87.3 Å². The highest BCUT2D eigenvalue weighted by Crippen LogP contribution is 2.18. The van der Waals surface area contributed by atoms with E-state index in [9.17, 15) is 17.6 Å². The van der Waals surface area contributed by atoms with Crippen molar-refractivity contribution in [2.24, 2.45) is 0 Å². The zero-order chi connectivity index (χ0) is 19.4. The number of halogens is 1. The summed E-state index contributed by atoms with van der Waals surface area (Å²) in [6, 6.07) is 11.3. The molecule has 1 aliphatic heterocycles. The van der Waals surface area contributed by atoms with Gasteiger partial charge in [-0.25, -0.2) is 12.8 Å². The maximum absolute atomic E-state index is 13.0. The highest BCUT2D eigenvalue weighted by Gasteiger charge is 2.22. The molecular weight excluding hydrogens is 369 g/mol. The molecule has 6 nitrogen and oxygen atoms in total. The van der Waals surface area contributed by atoms with Crippen LogP contribution in [0.25, 0.3) is 0 Å². The lowest BCUT2D eigenvalue weighted by atomic mass is 10.0. The summed E-state index contributed by atoms with van der Waals surface area (Å²) >= 11 is 0. The zero-order valence-corrected chi connectivity index (χ0v) is 15.7. The summed E-state index contributed by atoms with van der Waals surface area (Å²) < 4.78 is 40.5. The number of carbonyl (C=O) groups excluding carboxylic acids is 1. The number of hydrogen-bond donors (Lipinski definition) is 3. The van der Waals surface area contributed by atoms with Crippen LogP contribution in [-0.4, -0.2) is 33.0 Å². The molecule has 0 saturated carbocycles.